The zero-order valence-corrected chi connectivity index (χ0v) is 39.9. The molecule has 6 aromatic rings. The third kappa shape index (κ3) is 11.5. The van der Waals surface area contributed by atoms with Gasteiger partial charge in [-0.3, -0.25) is 29.1 Å². The lowest BCUT2D eigenvalue weighted by atomic mass is 9.83. The van der Waals surface area contributed by atoms with E-state index in [4.69, 9.17) is 9.47 Å². The van der Waals surface area contributed by atoms with E-state index in [1.54, 1.807) is 48.8 Å². The van der Waals surface area contributed by atoms with E-state index in [0.717, 1.165) is 21.2 Å². The van der Waals surface area contributed by atoms with Crippen molar-refractivity contribution in [3.63, 3.8) is 0 Å². The third-order valence-corrected chi connectivity index (χ3v) is 14.7. The molecule has 0 unspecified atom stereocenters. The highest BCUT2D eigenvalue weighted by Crippen LogP contribution is 2.33. The van der Waals surface area contributed by atoms with Crippen LogP contribution in [0.15, 0.2) is 82.8 Å². The van der Waals surface area contributed by atoms with Crippen LogP contribution in [0.4, 0.5) is 23.0 Å². The number of methoxy groups -OCH3 is 2. The summed E-state index contributed by atoms with van der Waals surface area (Å²) in [6.45, 7) is 0.922. The first-order valence-corrected chi connectivity index (χ1v) is 24.9. The molecular formula is C48H52N12O8S2. The summed E-state index contributed by atoms with van der Waals surface area (Å²) in [5.41, 5.74) is 5.13. The summed E-state index contributed by atoms with van der Waals surface area (Å²) >= 11 is 2.94. The van der Waals surface area contributed by atoms with Crippen LogP contribution in [-0.2, 0) is 32.3 Å². The standard InChI is InChI=1S/2C24H26N6O4S/c2*1-34-21-7-5-16-22(30-21)17(8-9-25-16)28-24(33)13-2-4-15(18(31)10-13)26-11-14-3-6-19-23(27-14)29-20(32)12-35-19/h2*3,5-9,13,15,18,26,31H,2,4,10-12H2,1H3,(H,25,28,33)(H,27,29,32)/t2*13-,15-,18-/m10/s1. The molecule has 2 saturated carbocycles. The van der Waals surface area contributed by atoms with Gasteiger partial charge < -0.3 is 51.6 Å². The van der Waals surface area contributed by atoms with Crippen LogP contribution in [0.3, 0.4) is 0 Å². The average Bonchev–Trinajstić information content (AvgIpc) is 3.37. The molecule has 4 amide bonds. The fourth-order valence-electron chi connectivity index (χ4n) is 8.84. The van der Waals surface area contributed by atoms with Gasteiger partial charge in [-0.2, -0.15) is 0 Å². The Morgan fingerprint density at radius 3 is 1.47 bits per heavy atom. The first-order chi connectivity index (χ1) is 34.0. The molecule has 0 saturated heterocycles. The molecule has 22 heteroatoms. The summed E-state index contributed by atoms with van der Waals surface area (Å²) in [5, 5.41) is 39.7. The number of carbonyl (C=O) groups excluding carboxylic acids is 4. The van der Waals surface area contributed by atoms with E-state index in [1.807, 2.05) is 24.3 Å². The van der Waals surface area contributed by atoms with Gasteiger partial charge in [-0.1, -0.05) is 0 Å². The fourth-order valence-corrected chi connectivity index (χ4v) is 10.3. The monoisotopic (exact) mass is 988 g/mol. The summed E-state index contributed by atoms with van der Waals surface area (Å²) in [7, 11) is 3.07. The minimum Gasteiger partial charge on any atom is -0.481 e. The summed E-state index contributed by atoms with van der Waals surface area (Å²) in [6, 6.07) is 17.9. The SMILES string of the molecule is COc1ccc2nccc(NC(=O)[C@@H]3CC[C@@H](NCc4ccc5c(n4)NC(=O)CS5)[C@H](O)C3)c2n1.COc1ccc2nccc(NC(=O)[C@H]3CC[C@H](NCc4ccc5c(n4)NC(=O)CS5)[C@@H](O)C3)c2n1. The van der Waals surface area contributed by atoms with Gasteiger partial charge in [0.1, 0.15) is 22.7 Å². The van der Waals surface area contributed by atoms with Crippen molar-refractivity contribution in [3.8, 4) is 11.8 Å². The van der Waals surface area contributed by atoms with Crippen molar-refractivity contribution in [2.24, 2.45) is 11.8 Å². The predicted molar refractivity (Wildman–Crippen MR) is 265 cm³/mol. The smallest absolute Gasteiger partial charge is 0.235 e. The molecule has 20 nitrogen and oxygen atoms in total. The molecule has 0 bridgehead atoms. The van der Waals surface area contributed by atoms with Crippen molar-refractivity contribution >= 4 is 92.2 Å². The number of amides is 4. The van der Waals surface area contributed by atoms with Crippen molar-refractivity contribution in [2.45, 2.75) is 85.7 Å². The molecule has 8 N–H and O–H groups in total. The van der Waals surface area contributed by atoms with E-state index in [1.165, 1.54) is 37.7 Å². The Labute approximate surface area is 410 Å². The molecule has 4 aliphatic rings. The number of anilines is 4. The van der Waals surface area contributed by atoms with Gasteiger partial charge in [0.25, 0.3) is 0 Å². The van der Waals surface area contributed by atoms with Crippen LogP contribution in [0.25, 0.3) is 22.1 Å². The fraction of sp³-hybridized carbons (Fsp3) is 0.375. The van der Waals surface area contributed by atoms with Crippen LogP contribution < -0.4 is 41.4 Å². The quantitative estimate of drug-likeness (QED) is 0.0827. The van der Waals surface area contributed by atoms with Crippen molar-refractivity contribution in [2.75, 3.05) is 47.0 Å². The summed E-state index contributed by atoms with van der Waals surface area (Å²) in [5.74, 6) is 1.82. The lowest BCUT2D eigenvalue weighted by Gasteiger charge is -2.33. The van der Waals surface area contributed by atoms with Crippen LogP contribution in [0.2, 0.25) is 0 Å². The molecule has 8 heterocycles. The molecule has 6 aromatic heterocycles. The maximum absolute atomic E-state index is 13.0. The van der Waals surface area contributed by atoms with Gasteiger partial charge in [-0.05, 0) is 87.1 Å². The number of pyridine rings is 6. The van der Waals surface area contributed by atoms with Crippen LogP contribution >= 0.6 is 23.5 Å². The Kier molecular flexibility index (Phi) is 15.3. The first-order valence-electron chi connectivity index (χ1n) is 22.9. The normalized spacial score (nSPS) is 21.8. The van der Waals surface area contributed by atoms with Crippen LogP contribution in [-0.4, -0.2) is 114 Å². The molecule has 0 spiro atoms. The number of nitrogens with one attached hydrogen (secondary N) is 6. The number of rotatable bonds is 12. The number of ether oxygens (including phenoxy) is 2. The van der Waals surface area contributed by atoms with Crippen LogP contribution in [0.5, 0.6) is 11.8 Å². The minimum absolute atomic E-state index is 0.0539. The predicted octanol–water partition coefficient (Wildman–Crippen LogP) is 4.67. The van der Waals surface area contributed by atoms with Gasteiger partial charge >= 0.3 is 0 Å². The van der Waals surface area contributed by atoms with Gasteiger partial charge in [0, 0.05) is 61.5 Å². The highest BCUT2D eigenvalue weighted by atomic mass is 32.2. The number of aromatic nitrogens is 6. The second kappa shape index (κ2) is 22.0. The molecule has 2 fully saturated rings. The summed E-state index contributed by atoms with van der Waals surface area (Å²) < 4.78 is 10.4. The summed E-state index contributed by atoms with van der Waals surface area (Å²) in [6.07, 6.45) is 5.22. The Bertz CT molecular complexity index is 2740. The molecule has 2 aliphatic heterocycles. The van der Waals surface area contributed by atoms with E-state index in [9.17, 15) is 29.4 Å². The van der Waals surface area contributed by atoms with E-state index in [2.05, 4.69) is 61.8 Å². The molecule has 0 aromatic carbocycles. The number of nitrogens with zero attached hydrogens (tertiary/aromatic N) is 6. The van der Waals surface area contributed by atoms with Crippen LogP contribution in [0.1, 0.15) is 49.9 Å². The van der Waals surface area contributed by atoms with Gasteiger partial charge in [-0.15, -0.1) is 23.5 Å². The maximum atomic E-state index is 13.0. The number of hydrogen-bond donors (Lipinski definition) is 8. The molecule has 6 atom stereocenters. The number of aliphatic hydroxyl groups is 2. The molecule has 364 valence electrons. The van der Waals surface area contributed by atoms with Crippen molar-refractivity contribution in [1.29, 1.82) is 0 Å². The highest BCUT2D eigenvalue weighted by molar-refractivity contribution is 8.00. The van der Waals surface area contributed by atoms with Gasteiger partial charge in [0.05, 0.1) is 81.5 Å². The van der Waals surface area contributed by atoms with Crippen molar-refractivity contribution in [1.82, 2.24) is 40.5 Å². The minimum atomic E-state index is -0.667. The number of carbonyl (C=O) groups is 4. The Morgan fingerprint density at radius 2 is 1.06 bits per heavy atom. The zero-order valence-electron chi connectivity index (χ0n) is 38.3. The lowest BCUT2D eigenvalue weighted by Crippen LogP contribution is -2.46. The number of fused-ring (bicyclic) bond motifs is 4. The topological polar surface area (TPSA) is 277 Å². The number of thioether (sulfide) groups is 2. The van der Waals surface area contributed by atoms with Crippen molar-refractivity contribution in [3.05, 3.63) is 84.4 Å². The zero-order chi connectivity index (χ0) is 48.7. The van der Waals surface area contributed by atoms with Crippen molar-refractivity contribution < 1.29 is 38.9 Å². The Morgan fingerprint density at radius 1 is 0.614 bits per heavy atom. The molecule has 0 radical (unpaired) electrons. The number of hydrogen-bond acceptors (Lipinski definition) is 18. The van der Waals surface area contributed by atoms with Crippen LogP contribution in [0, 0.1) is 11.8 Å². The lowest BCUT2D eigenvalue weighted by molar-refractivity contribution is -0.123. The average molecular weight is 989 g/mol. The van der Waals surface area contributed by atoms with Gasteiger partial charge in [0.15, 0.2) is 0 Å². The summed E-state index contributed by atoms with van der Waals surface area (Å²) in [4.78, 5) is 77.6. The Hall–Kier alpha value is -6.56. The molecular weight excluding hydrogens is 937 g/mol. The van der Waals surface area contributed by atoms with E-state index in [0.29, 0.717) is 120 Å². The third-order valence-electron chi connectivity index (χ3n) is 12.6. The largest absolute Gasteiger partial charge is 0.481 e. The Balaban J connectivity index is 0.000000174. The molecule has 10 rings (SSSR count). The first kappa shape index (κ1) is 48.5. The maximum Gasteiger partial charge on any atom is 0.235 e. The second-order valence-corrected chi connectivity index (χ2v) is 19.3. The van der Waals surface area contributed by atoms with E-state index < -0.39 is 12.2 Å². The van der Waals surface area contributed by atoms with E-state index in [-0.39, 0.29) is 47.5 Å². The highest BCUT2D eigenvalue weighted by Gasteiger charge is 2.34. The van der Waals surface area contributed by atoms with Gasteiger partial charge in [-0.25, -0.2) is 19.9 Å². The molecule has 70 heavy (non-hydrogen) atoms. The van der Waals surface area contributed by atoms with Gasteiger partial charge in [0.2, 0.25) is 35.4 Å². The second-order valence-electron chi connectivity index (χ2n) is 17.2. The van der Waals surface area contributed by atoms with E-state index >= 15 is 0 Å². The number of aliphatic hydroxyl groups excluding tert-OH is 2. The molecule has 2 aliphatic carbocycles.